The van der Waals surface area contributed by atoms with Gasteiger partial charge < -0.3 is 9.84 Å². The van der Waals surface area contributed by atoms with Gasteiger partial charge in [-0.25, -0.2) is 9.48 Å². The number of aryl methyl sites for hydroxylation is 1. The number of ether oxygens (including phenoxy) is 1. The maximum atomic E-state index is 11.4. The van der Waals surface area contributed by atoms with E-state index in [9.17, 15) is 9.90 Å². The van der Waals surface area contributed by atoms with Gasteiger partial charge in [0.1, 0.15) is 11.4 Å². The van der Waals surface area contributed by atoms with Crippen LogP contribution in [-0.4, -0.2) is 33.2 Å². The Morgan fingerprint density at radius 1 is 1.38 bits per heavy atom. The first kappa shape index (κ1) is 15.0. The van der Waals surface area contributed by atoms with Gasteiger partial charge in [-0.15, -0.1) is 5.10 Å². The lowest BCUT2D eigenvalue weighted by Crippen LogP contribution is -2.07. The van der Waals surface area contributed by atoms with Crippen LogP contribution in [0.15, 0.2) is 24.3 Å². The molecule has 2 aromatic rings. The second kappa shape index (κ2) is 6.39. The van der Waals surface area contributed by atoms with Crippen molar-refractivity contribution in [3.05, 3.63) is 30.0 Å². The highest BCUT2D eigenvalue weighted by Gasteiger charge is 2.22. The van der Waals surface area contributed by atoms with Crippen LogP contribution in [0.25, 0.3) is 11.3 Å². The number of methoxy groups -OCH3 is 1. The number of hydrogen-bond donors (Lipinski definition) is 1. The van der Waals surface area contributed by atoms with Gasteiger partial charge in [0, 0.05) is 12.1 Å². The second-order valence-corrected chi connectivity index (χ2v) is 5.20. The zero-order valence-electron chi connectivity index (χ0n) is 12.4. The summed E-state index contributed by atoms with van der Waals surface area (Å²) >= 11 is 0. The molecule has 2 rings (SSSR count). The fraction of sp³-hybridized carbons (Fsp3) is 0.400. The molecule has 0 fully saturated rings. The van der Waals surface area contributed by atoms with Gasteiger partial charge in [-0.3, -0.25) is 0 Å². The number of para-hydroxylation sites is 1. The van der Waals surface area contributed by atoms with Crippen LogP contribution < -0.4 is 4.74 Å². The van der Waals surface area contributed by atoms with E-state index in [-0.39, 0.29) is 5.69 Å². The number of carboxylic acid groups (broad SMARTS) is 1. The SMILES string of the molecule is COc1ccccc1-c1c(C(=O)O)nnn1CCC(C)C. The fourth-order valence-corrected chi connectivity index (χ4v) is 2.10. The van der Waals surface area contributed by atoms with Gasteiger partial charge in [0.15, 0.2) is 5.69 Å². The monoisotopic (exact) mass is 289 g/mol. The van der Waals surface area contributed by atoms with E-state index in [1.807, 2.05) is 18.2 Å². The predicted octanol–water partition coefficient (Wildman–Crippen LogP) is 2.70. The van der Waals surface area contributed by atoms with Gasteiger partial charge in [-0.05, 0) is 24.5 Å². The minimum atomic E-state index is -1.09. The van der Waals surface area contributed by atoms with Crippen molar-refractivity contribution in [2.24, 2.45) is 5.92 Å². The van der Waals surface area contributed by atoms with E-state index in [1.54, 1.807) is 17.9 Å². The Kier molecular flexibility index (Phi) is 4.57. The third-order valence-electron chi connectivity index (χ3n) is 3.22. The molecule has 0 aliphatic rings. The van der Waals surface area contributed by atoms with Crippen molar-refractivity contribution in [1.29, 1.82) is 0 Å². The topological polar surface area (TPSA) is 77.2 Å². The van der Waals surface area contributed by atoms with Crippen LogP contribution in [0.5, 0.6) is 5.75 Å². The molecule has 1 N–H and O–H groups in total. The quantitative estimate of drug-likeness (QED) is 0.884. The zero-order chi connectivity index (χ0) is 15.4. The van der Waals surface area contributed by atoms with Gasteiger partial charge >= 0.3 is 5.97 Å². The van der Waals surface area contributed by atoms with Crippen LogP contribution in [0.3, 0.4) is 0 Å². The Morgan fingerprint density at radius 2 is 2.10 bits per heavy atom. The molecular weight excluding hydrogens is 270 g/mol. The van der Waals surface area contributed by atoms with Crippen molar-refractivity contribution in [1.82, 2.24) is 15.0 Å². The van der Waals surface area contributed by atoms with Crippen molar-refractivity contribution < 1.29 is 14.6 Å². The molecular formula is C15H19N3O3. The number of hydrogen-bond acceptors (Lipinski definition) is 4. The fourth-order valence-electron chi connectivity index (χ4n) is 2.10. The summed E-state index contributed by atoms with van der Waals surface area (Å²) in [6, 6.07) is 7.28. The van der Waals surface area contributed by atoms with Crippen LogP contribution in [0.1, 0.15) is 30.8 Å². The molecule has 6 heteroatoms. The lowest BCUT2D eigenvalue weighted by molar-refractivity contribution is 0.0691. The largest absolute Gasteiger partial charge is 0.496 e. The Labute approximate surface area is 123 Å². The maximum Gasteiger partial charge on any atom is 0.358 e. The summed E-state index contributed by atoms with van der Waals surface area (Å²) in [7, 11) is 1.56. The van der Waals surface area contributed by atoms with E-state index in [2.05, 4.69) is 24.2 Å². The van der Waals surface area contributed by atoms with Crippen molar-refractivity contribution >= 4 is 5.97 Å². The summed E-state index contributed by atoms with van der Waals surface area (Å²) < 4.78 is 6.96. The first-order chi connectivity index (χ1) is 10.0. The highest BCUT2D eigenvalue weighted by atomic mass is 16.5. The summed E-state index contributed by atoms with van der Waals surface area (Å²) in [5.74, 6) is 0.00722. The molecule has 0 saturated heterocycles. The minimum absolute atomic E-state index is 0.0525. The molecule has 21 heavy (non-hydrogen) atoms. The standard InChI is InChI=1S/C15H19N3O3/c1-10(2)8-9-18-14(13(15(19)20)16-17-18)11-6-4-5-7-12(11)21-3/h4-7,10H,8-9H2,1-3H3,(H,19,20). The summed E-state index contributed by atoms with van der Waals surface area (Å²) in [6.07, 6.45) is 0.893. The molecule has 1 aromatic heterocycles. The van der Waals surface area contributed by atoms with E-state index in [4.69, 9.17) is 4.74 Å². The summed E-state index contributed by atoms with van der Waals surface area (Å²) in [6.45, 7) is 4.83. The van der Waals surface area contributed by atoms with Crippen LogP contribution in [-0.2, 0) is 6.54 Å². The van der Waals surface area contributed by atoms with Crippen molar-refractivity contribution in [3.63, 3.8) is 0 Å². The normalized spacial score (nSPS) is 10.9. The van der Waals surface area contributed by atoms with Crippen molar-refractivity contribution in [2.45, 2.75) is 26.8 Å². The number of aromatic nitrogens is 3. The number of benzene rings is 1. The lowest BCUT2D eigenvalue weighted by atomic mass is 10.1. The van der Waals surface area contributed by atoms with Gasteiger partial charge in [-0.2, -0.15) is 0 Å². The Bertz CT molecular complexity index is 635. The number of carbonyl (C=O) groups is 1. The molecule has 0 radical (unpaired) electrons. The van der Waals surface area contributed by atoms with E-state index in [1.165, 1.54) is 0 Å². The number of aromatic carboxylic acids is 1. The highest BCUT2D eigenvalue weighted by Crippen LogP contribution is 2.31. The Hall–Kier alpha value is -2.37. The maximum absolute atomic E-state index is 11.4. The van der Waals surface area contributed by atoms with Crippen LogP contribution >= 0.6 is 0 Å². The first-order valence-electron chi connectivity index (χ1n) is 6.84. The molecule has 0 atom stereocenters. The summed E-state index contributed by atoms with van der Waals surface area (Å²) in [5, 5.41) is 17.1. The molecule has 0 aliphatic carbocycles. The molecule has 0 amide bonds. The number of carboxylic acids is 1. The molecule has 1 heterocycles. The molecule has 0 unspecified atom stereocenters. The zero-order valence-corrected chi connectivity index (χ0v) is 12.4. The lowest BCUT2D eigenvalue weighted by Gasteiger charge is -2.11. The van der Waals surface area contributed by atoms with Crippen LogP contribution in [0.2, 0.25) is 0 Å². The van der Waals surface area contributed by atoms with Crippen LogP contribution in [0.4, 0.5) is 0 Å². The van der Waals surface area contributed by atoms with E-state index in [0.717, 1.165) is 6.42 Å². The van der Waals surface area contributed by atoms with Gasteiger partial charge in [-0.1, -0.05) is 31.2 Å². The predicted molar refractivity (Wildman–Crippen MR) is 78.4 cm³/mol. The van der Waals surface area contributed by atoms with Gasteiger partial charge in [0.05, 0.1) is 7.11 Å². The Morgan fingerprint density at radius 3 is 2.71 bits per heavy atom. The minimum Gasteiger partial charge on any atom is -0.496 e. The van der Waals surface area contributed by atoms with Crippen molar-refractivity contribution in [3.8, 4) is 17.0 Å². The molecule has 112 valence electrons. The first-order valence-corrected chi connectivity index (χ1v) is 6.84. The Balaban J connectivity index is 2.53. The average Bonchev–Trinajstić information content (AvgIpc) is 2.88. The third-order valence-corrected chi connectivity index (χ3v) is 3.22. The third kappa shape index (κ3) is 3.21. The molecule has 0 bridgehead atoms. The van der Waals surface area contributed by atoms with Crippen LogP contribution in [0, 0.1) is 5.92 Å². The highest BCUT2D eigenvalue weighted by molar-refractivity contribution is 5.93. The molecule has 6 nitrogen and oxygen atoms in total. The molecule has 0 aliphatic heterocycles. The van der Waals surface area contributed by atoms with Gasteiger partial charge in [0.2, 0.25) is 0 Å². The molecule has 1 aromatic carbocycles. The summed E-state index contributed by atoms with van der Waals surface area (Å²) in [5.41, 5.74) is 1.12. The second-order valence-electron chi connectivity index (χ2n) is 5.20. The van der Waals surface area contributed by atoms with E-state index >= 15 is 0 Å². The number of nitrogens with zero attached hydrogens (tertiary/aromatic N) is 3. The smallest absolute Gasteiger partial charge is 0.358 e. The molecule has 0 spiro atoms. The van der Waals surface area contributed by atoms with Crippen molar-refractivity contribution in [2.75, 3.05) is 7.11 Å². The number of rotatable bonds is 6. The van der Waals surface area contributed by atoms with Gasteiger partial charge in [0.25, 0.3) is 0 Å². The van der Waals surface area contributed by atoms with E-state index < -0.39 is 5.97 Å². The molecule has 0 saturated carbocycles. The van der Waals surface area contributed by atoms with E-state index in [0.29, 0.717) is 29.5 Å². The average molecular weight is 289 g/mol. The summed E-state index contributed by atoms with van der Waals surface area (Å²) in [4.78, 5) is 11.4.